The van der Waals surface area contributed by atoms with Crippen molar-refractivity contribution in [3.8, 4) is 0 Å². The van der Waals surface area contributed by atoms with Crippen molar-refractivity contribution in [2.45, 2.75) is 25.4 Å². The molecular formula is C20H21N3O3. The van der Waals surface area contributed by atoms with Crippen LogP contribution in [0.5, 0.6) is 0 Å². The molecule has 0 aliphatic carbocycles. The number of primary amides is 1. The molecule has 26 heavy (non-hydrogen) atoms. The minimum Gasteiger partial charge on any atom is -0.368 e. The van der Waals surface area contributed by atoms with Crippen LogP contribution in [0, 0.1) is 0 Å². The number of amides is 3. The van der Waals surface area contributed by atoms with Gasteiger partial charge in [-0.15, -0.1) is 0 Å². The molecule has 1 heterocycles. The van der Waals surface area contributed by atoms with Crippen LogP contribution in [-0.2, 0) is 16.1 Å². The zero-order valence-electron chi connectivity index (χ0n) is 14.4. The maximum Gasteiger partial charge on any atom is 0.252 e. The molecule has 0 bridgehead atoms. The molecule has 3 rings (SSSR count). The van der Waals surface area contributed by atoms with Crippen LogP contribution in [0.25, 0.3) is 0 Å². The number of nitrogens with one attached hydrogen (secondary N) is 1. The zero-order chi connectivity index (χ0) is 18.5. The van der Waals surface area contributed by atoms with Gasteiger partial charge in [-0.05, 0) is 29.7 Å². The molecule has 0 radical (unpaired) electrons. The van der Waals surface area contributed by atoms with E-state index >= 15 is 0 Å². The van der Waals surface area contributed by atoms with Crippen LogP contribution in [0.4, 0.5) is 0 Å². The topological polar surface area (TPSA) is 92.5 Å². The van der Waals surface area contributed by atoms with Crippen LogP contribution >= 0.6 is 0 Å². The summed E-state index contributed by atoms with van der Waals surface area (Å²) >= 11 is 0. The number of carbonyl (C=O) groups is 3. The van der Waals surface area contributed by atoms with Gasteiger partial charge in [-0.1, -0.05) is 42.5 Å². The Morgan fingerprint density at radius 3 is 2.35 bits per heavy atom. The summed E-state index contributed by atoms with van der Waals surface area (Å²) in [5.74, 6) is -0.825. The van der Waals surface area contributed by atoms with E-state index in [9.17, 15) is 14.4 Å². The fraction of sp³-hybridized carbons (Fsp3) is 0.250. The molecule has 3 N–H and O–H groups in total. The van der Waals surface area contributed by atoms with Gasteiger partial charge in [0.05, 0.1) is 0 Å². The van der Waals surface area contributed by atoms with Crippen LogP contribution in [0.1, 0.15) is 40.4 Å². The first-order valence-corrected chi connectivity index (χ1v) is 8.56. The van der Waals surface area contributed by atoms with Gasteiger partial charge < -0.3 is 16.0 Å². The summed E-state index contributed by atoms with van der Waals surface area (Å²) in [6.07, 6.45) is 1.50. The number of rotatable bonds is 6. The summed E-state index contributed by atoms with van der Waals surface area (Å²) in [4.78, 5) is 37.7. The Kier molecular flexibility index (Phi) is 5.31. The Bertz CT molecular complexity index is 803. The average Bonchev–Trinajstić information content (AvgIpc) is 3.05. The maximum absolute atomic E-state index is 12.5. The van der Waals surface area contributed by atoms with Gasteiger partial charge in [0.1, 0.15) is 6.04 Å². The first-order valence-electron chi connectivity index (χ1n) is 8.56. The standard InChI is InChI=1S/C20H21N3O3/c21-19(25)18(15-5-2-1-3-6-15)22-20(26)16-10-8-14(9-11-16)13-23-12-4-7-17(23)24/h1-3,5-6,8-11,18H,4,7,12-13H2,(H2,21,25)(H,22,26). The Balaban J connectivity index is 1.67. The van der Waals surface area contributed by atoms with E-state index in [0.29, 0.717) is 24.1 Å². The number of hydrogen-bond acceptors (Lipinski definition) is 3. The van der Waals surface area contributed by atoms with Gasteiger partial charge in [0, 0.05) is 25.1 Å². The number of hydrogen-bond donors (Lipinski definition) is 2. The third kappa shape index (κ3) is 4.08. The van der Waals surface area contributed by atoms with E-state index < -0.39 is 11.9 Å². The van der Waals surface area contributed by atoms with Gasteiger partial charge >= 0.3 is 0 Å². The van der Waals surface area contributed by atoms with E-state index in [2.05, 4.69) is 5.32 Å². The fourth-order valence-electron chi connectivity index (χ4n) is 3.03. The predicted octanol–water partition coefficient (Wildman–Crippen LogP) is 1.77. The Morgan fingerprint density at radius 2 is 1.77 bits per heavy atom. The second kappa shape index (κ2) is 7.82. The van der Waals surface area contributed by atoms with Crippen LogP contribution < -0.4 is 11.1 Å². The summed E-state index contributed by atoms with van der Waals surface area (Å²) in [7, 11) is 0. The first-order chi connectivity index (χ1) is 12.5. The van der Waals surface area contributed by atoms with Crippen molar-refractivity contribution in [2.24, 2.45) is 5.73 Å². The van der Waals surface area contributed by atoms with Gasteiger partial charge in [-0.25, -0.2) is 0 Å². The molecule has 2 aromatic rings. The number of carbonyl (C=O) groups excluding carboxylic acids is 3. The number of likely N-dealkylation sites (tertiary alicyclic amines) is 1. The third-order valence-corrected chi connectivity index (χ3v) is 4.45. The summed E-state index contributed by atoms with van der Waals surface area (Å²) in [6.45, 7) is 1.33. The normalized spacial score (nSPS) is 14.9. The van der Waals surface area contributed by atoms with Gasteiger partial charge in [-0.3, -0.25) is 14.4 Å². The molecule has 134 valence electrons. The predicted molar refractivity (Wildman–Crippen MR) is 96.9 cm³/mol. The summed E-state index contributed by atoms with van der Waals surface area (Å²) in [6, 6.07) is 15.0. The van der Waals surface area contributed by atoms with Crippen molar-refractivity contribution in [3.05, 3.63) is 71.3 Å². The Hall–Kier alpha value is -3.15. The smallest absolute Gasteiger partial charge is 0.252 e. The van der Waals surface area contributed by atoms with Crippen molar-refractivity contribution in [3.63, 3.8) is 0 Å². The molecule has 1 saturated heterocycles. The van der Waals surface area contributed by atoms with E-state index in [1.807, 2.05) is 23.1 Å². The lowest BCUT2D eigenvalue weighted by molar-refractivity contribution is -0.128. The number of nitrogens with two attached hydrogens (primary N) is 1. The quantitative estimate of drug-likeness (QED) is 0.831. The van der Waals surface area contributed by atoms with Gasteiger partial charge in [-0.2, -0.15) is 0 Å². The SMILES string of the molecule is NC(=O)C(NC(=O)c1ccc(CN2CCCC2=O)cc1)c1ccccc1. The number of benzene rings is 2. The highest BCUT2D eigenvalue weighted by molar-refractivity contribution is 5.97. The lowest BCUT2D eigenvalue weighted by Crippen LogP contribution is -2.37. The van der Waals surface area contributed by atoms with E-state index in [0.717, 1.165) is 18.5 Å². The lowest BCUT2D eigenvalue weighted by atomic mass is 10.1. The molecule has 0 saturated carbocycles. The Labute approximate surface area is 152 Å². The monoisotopic (exact) mass is 351 g/mol. The van der Waals surface area contributed by atoms with Crippen LogP contribution in [0.3, 0.4) is 0 Å². The molecular weight excluding hydrogens is 330 g/mol. The highest BCUT2D eigenvalue weighted by atomic mass is 16.2. The molecule has 1 unspecified atom stereocenters. The minimum absolute atomic E-state index is 0.166. The van der Waals surface area contributed by atoms with E-state index in [4.69, 9.17) is 5.73 Å². The molecule has 0 spiro atoms. The van der Waals surface area contributed by atoms with E-state index in [1.165, 1.54) is 0 Å². The number of nitrogens with zero attached hydrogens (tertiary/aromatic N) is 1. The molecule has 6 nitrogen and oxygen atoms in total. The van der Waals surface area contributed by atoms with E-state index in [1.54, 1.807) is 36.4 Å². The second-order valence-corrected chi connectivity index (χ2v) is 6.34. The Morgan fingerprint density at radius 1 is 1.08 bits per heavy atom. The fourth-order valence-corrected chi connectivity index (χ4v) is 3.03. The summed E-state index contributed by atoms with van der Waals surface area (Å²) in [5.41, 5.74) is 7.47. The second-order valence-electron chi connectivity index (χ2n) is 6.34. The molecule has 3 amide bonds. The van der Waals surface area contributed by atoms with Crippen molar-refractivity contribution < 1.29 is 14.4 Å². The average molecular weight is 351 g/mol. The molecule has 2 aromatic carbocycles. The van der Waals surface area contributed by atoms with Gasteiger partial charge in [0.2, 0.25) is 11.8 Å². The highest BCUT2D eigenvalue weighted by Gasteiger charge is 2.22. The molecule has 0 aromatic heterocycles. The van der Waals surface area contributed by atoms with Crippen LogP contribution in [-0.4, -0.2) is 29.2 Å². The summed E-state index contributed by atoms with van der Waals surface area (Å²) < 4.78 is 0. The van der Waals surface area contributed by atoms with Crippen molar-refractivity contribution in [2.75, 3.05) is 6.54 Å². The lowest BCUT2D eigenvalue weighted by Gasteiger charge is -2.17. The largest absolute Gasteiger partial charge is 0.368 e. The molecule has 6 heteroatoms. The first kappa shape index (κ1) is 17.7. The highest BCUT2D eigenvalue weighted by Crippen LogP contribution is 2.16. The van der Waals surface area contributed by atoms with Gasteiger partial charge in [0.25, 0.3) is 5.91 Å². The van der Waals surface area contributed by atoms with Crippen LogP contribution in [0.2, 0.25) is 0 Å². The van der Waals surface area contributed by atoms with Crippen molar-refractivity contribution in [1.29, 1.82) is 0 Å². The van der Waals surface area contributed by atoms with Crippen molar-refractivity contribution >= 4 is 17.7 Å². The molecule has 1 aliphatic heterocycles. The zero-order valence-corrected chi connectivity index (χ0v) is 14.4. The molecule has 1 atom stereocenters. The molecule has 1 aliphatic rings. The van der Waals surface area contributed by atoms with Crippen molar-refractivity contribution in [1.82, 2.24) is 10.2 Å². The summed E-state index contributed by atoms with van der Waals surface area (Å²) in [5, 5.41) is 2.67. The third-order valence-electron chi connectivity index (χ3n) is 4.45. The van der Waals surface area contributed by atoms with E-state index in [-0.39, 0.29) is 11.8 Å². The van der Waals surface area contributed by atoms with Gasteiger partial charge in [0.15, 0.2) is 0 Å². The minimum atomic E-state index is -0.884. The molecule has 1 fully saturated rings. The van der Waals surface area contributed by atoms with Crippen LogP contribution in [0.15, 0.2) is 54.6 Å². The maximum atomic E-state index is 12.5.